The van der Waals surface area contributed by atoms with Gasteiger partial charge in [-0.15, -0.1) is 0 Å². The van der Waals surface area contributed by atoms with E-state index in [1.807, 2.05) is 0 Å². The molecule has 0 aromatic carbocycles. The zero-order valence-corrected chi connectivity index (χ0v) is 13.1. The van der Waals surface area contributed by atoms with Gasteiger partial charge in [-0.3, -0.25) is 4.79 Å². The van der Waals surface area contributed by atoms with Crippen molar-refractivity contribution >= 4 is 5.97 Å². The van der Waals surface area contributed by atoms with E-state index in [1.54, 1.807) is 0 Å². The van der Waals surface area contributed by atoms with Crippen LogP contribution in [-0.4, -0.2) is 11.1 Å². The molecule has 0 aliphatic rings. The number of hydrogen-bond donors (Lipinski definition) is 1. The second-order valence-corrected chi connectivity index (χ2v) is 6.01. The van der Waals surface area contributed by atoms with Crippen LogP contribution in [0.3, 0.4) is 0 Å². The van der Waals surface area contributed by atoms with Gasteiger partial charge in [-0.05, 0) is 12.3 Å². The van der Waals surface area contributed by atoms with Crippen molar-refractivity contribution in [1.29, 1.82) is 0 Å². The molecule has 0 aliphatic heterocycles. The first-order valence-corrected chi connectivity index (χ1v) is 8.38. The normalized spacial score (nSPS) is 12.5. The van der Waals surface area contributed by atoms with E-state index in [-0.39, 0.29) is 0 Å². The van der Waals surface area contributed by atoms with Gasteiger partial charge in [-0.2, -0.15) is 0 Å². The third-order valence-corrected chi connectivity index (χ3v) is 3.89. The highest BCUT2D eigenvalue weighted by Gasteiger charge is 2.01. The highest BCUT2D eigenvalue weighted by molar-refractivity contribution is 5.66. The molecule has 1 unspecified atom stereocenters. The Morgan fingerprint density at radius 1 is 0.842 bits per heavy atom. The first kappa shape index (κ1) is 18.5. The monoisotopic (exact) mass is 270 g/mol. The fraction of sp³-hybridized carbons (Fsp3) is 0.941. The van der Waals surface area contributed by atoms with Gasteiger partial charge < -0.3 is 5.11 Å². The molecule has 0 amide bonds. The third-order valence-electron chi connectivity index (χ3n) is 3.89. The van der Waals surface area contributed by atoms with Crippen LogP contribution in [0.4, 0.5) is 0 Å². The summed E-state index contributed by atoms with van der Waals surface area (Å²) in [7, 11) is 0. The Morgan fingerprint density at radius 2 is 1.32 bits per heavy atom. The molecule has 0 rings (SSSR count). The number of carboxylic acids is 1. The van der Waals surface area contributed by atoms with E-state index >= 15 is 0 Å². The van der Waals surface area contributed by atoms with E-state index in [0.717, 1.165) is 18.8 Å². The molecule has 0 bridgehead atoms. The molecule has 0 spiro atoms. The van der Waals surface area contributed by atoms with Crippen LogP contribution in [0.15, 0.2) is 0 Å². The van der Waals surface area contributed by atoms with Crippen LogP contribution in [0.1, 0.15) is 97.3 Å². The summed E-state index contributed by atoms with van der Waals surface area (Å²) in [4.78, 5) is 10.3. The van der Waals surface area contributed by atoms with Crippen molar-refractivity contribution in [2.75, 3.05) is 0 Å². The maximum absolute atomic E-state index is 10.3. The van der Waals surface area contributed by atoms with E-state index in [2.05, 4.69) is 13.8 Å². The number of hydrogen-bond acceptors (Lipinski definition) is 1. The number of rotatable bonds is 14. The average molecular weight is 270 g/mol. The summed E-state index contributed by atoms with van der Waals surface area (Å²) in [5.41, 5.74) is 0. The Labute approximate surface area is 120 Å². The highest BCUT2D eigenvalue weighted by atomic mass is 16.4. The summed E-state index contributed by atoms with van der Waals surface area (Å²) in [6.07, 6.45) is 15.7. The predicted molar refractivity (Wildman–Crippen MR) is 82.5 cm³/mol. The van der Waals surface area contributed by atoms with Gasteiger partial charge >= 0.3 is 5.97 Å². The van der Waals surface area contributed by atoms with Crippen LogP contribution in [-0.2, 0) is 4.79 Å². The van der Waals surface area contributed by atoms with Crippen molar-refractivity contribution in [3.63, 3.8) is 0 Å². The molecule has 2 nitrogen and oxygen atoms in total. The minimum absolute atomic E-state index is 0.343. The Morgan fingerprint density at radius 3 is 1.84 bits per heavy atom. The summed E-state index contributed by atoms with van der Waals surface area (Å²) < 4.78 is 0. The lowest BCUT2D eigenvalue weighted by Crippen LogP contribution is -1.95. The minimum Gasteiger partial charge on any atom is -0.481 e. The molecule has 1 atom stereocenters. The zero-order chi connectivity index (χ0) is 14.3. The molecule has 0 fully saturated rings. The van der Waals surface area contributed by atoms with Crippen LogP contribution < -0.4 is 0 Å². The van der Waals surface area contributed by atoms with Gasteiger partial charge in [-0.1, -0.05) is 84.5 Å². The molecule has 0 radical (unpaired) electrons. The van der Waals surface area contributed by atoms with E-state index < -0.39 is 5.97 Å². The molecule has 0 aliphatic carbocycles. The molecular weight excluding hydrogens is 236 g/mol. The van der Waals surface area contributed by atoms with Crippen LogP contribution in [0, 0.1) is 5.92 Å². The number of aliphatic carboxylic acids is 1. The zero-order valence-electron chi connectivity index (χ0n) is 13.1. The molecule has 0 saturated carbocycles. The van der Waals surface area contributed by atoms with E-state index in [4.69, 9.17) is 5.11 Å². The predicted octanol–water partition coefficient (Wildman–Crippen LogP) is 5.80. The number of carboxylic acid groups (broad SMARTS) is 1. The summed E-state index contributed by atoms with van der Waals surface area (Å²) in [5.74, 6) is 0.249. The molecule has 2 heteroatoms. The molecule has 19 heavy (non-hydrogen) atoms. The standard InChI is InChI=1S/C17H34O2/c1-3-4-10-13-16(2)14-11-8-6-5-7-9-12-15-17(18)19/h16H,3-15H2,1-2H3,(H,18,19). The van der Waals surface area contributed by atoms with E-state index in [1.165, 1.54) is 64.2 Å². The molecule has 0 aromatic rings. The Hall–Kier alpha value is -0.530. The van der Waals surface area contributed by atoms with Crippen molar-refractivity contribution < 1.29 is 9.90 Å². The van der Waals surface area contributed by atoms with Crippen molar-refractivity contribution in [1.82, 2.24) is 0 Å². The summed E-state index contributed by atoms with van der Waals surface area (Å²) in [6, 6.07) is 0. The van der Waals surface area contributed by atoms with Crippen molar-refractivity contribution in [3.8, 4) is 0 Å². The average Bonchev–Trinajstić information content (AvgIpc) is 2.36. The quantitative estimate of drug-likeness (QED) is 0.405. The van der Waals surface area contributed by atoms with Gasteiger partial charge in [0.15, 0.2) is 0 Å². The maximum atomic E-state index is 10.3. The van der Waals surface area contributed by atoms with Gasteiger partial charge in [0.1, 0.15) is 0 Å². The van der Waals surface area contributed by atoms with Gasteiger partial charge in [0.2, 0.25) is 0 Å². The summed E-state index contributed by atoms with van der Waals surface area (Å²) in [5, 5.41) is 8.52. The number of unbranched alkanes of at least 4 members (excludes halogenated alkanes) is 8. The van der Waals surface area contributed by atoms with Crippen LogP contribution in [0.2, 0.25) is 0 Å². The third kappa shape index (κ3) is 15.4. The van der Waals surface area contributed by atoms with Gasteiger partial charge in [-0.25, -0.2) is 0 Å². The number of carbonyl (C=O) groups is 1. The minimum atomic E-state index is -0.655. The van der Waals surface area contributed by atoms with Crippen LogP contribution in [0.25, 0.3) is 0 Å². The lowest BCUT2D eigenvalue weighted by Gasteiger charge is -2.10. The molecular formula is C17H34O2. The molecule has 114 valence electrons. The highest BCUT2D eigenvalue weighted by Crippen LogP contribution is 2.17. The summed E-state index contributed by atoms with van der Waals surface area (Å²) >= 11 is 0. The molecule has 0 aromatic heterocycles. The molecule has 0 heterocycles. The molecule has 0 saturated heterocycles. The van der Waals surface area contributed by atoms with Gasteiger partial charge in [0.05, 0.1) is 0 Å². The second-order valence-electron chi connectivity index (χ2n) is 6.01. The van der Waals surface area contributed by atoms with Crippen LogP contribution in [0.5, 0.6) is 0 Å². The first-order valence-electron chi connectivity index (χ1n) is 8.38. The van der Waals surface area contributed by atoms with Crippen molar-refractivity contribution in [2.24, 2.45) is 5.92 Å². The largest absolute Gasteiger partial charge is 0.481 e. The second kappa shape index (κ2) is 13.9. The van der Waals surface area contributed by atoms with Gasteiger partial charge in [0.25, 0.3) is 0 Å². The molecule has 1 N–H and O–H groups in total. The SMILES string of the molecule is CCCCCC(C)CCCCCCCCCC(=O)O. The lowest BCUT2D eigenvalue weighted by molar-refractivity contribution is -0.137. The topological polar surface area (TPSA) is 37.3 Å². The van der Waals surface area contributed by atoms with Crippen molar-refractivity contribution in [2.45, 2.75) is 97.3 Å². The lowest BCUT2D eigenvalue weighted by atomic mass is 9.96. The van der Waals surface area contributed by atoms with Gasteiger partial charge in [0, 0.05) is 6.42 Å². The van der Waals surface area contributed by atoms with E-state index in [0.29, 0.717) is 6.42 Å². The van der Waals surface area contributed by atoms with Crippen LogP contribution >= 0.6 is 0 Å². The Balaban J connectivity index is 3.11. The smallest absolute Gasteiger partial charge is 0.303 e. The van der Waals surface area contributed by atoms with E-state index in [9.17, 15) is 4.79 Å². The Kier molecular flexibility index (Phi) is 13.5. The Bertz CT molecular complexity index is 201. The fourth-order valence-corrected chi connectivity index (χ4v) is 2.54. The maximum Gasteiger partial charge on any atom is 0.303 e. The fourth-order valence-electron chi connectivity index (χ4n) is 2.54. The first-order chi connectivity index (χ1) is 9.16. The van der Waals surface area contributed by atoms with Crippen molar-refractivity contribution in [3.05, 3.63) is 0 Å². The summed E-state index contributed by atoms with van der Waals surface area (Å²) in [6.45, 7) is 4.66.